The number of halogens is 3. The normalized spacial score (nSPS) is 15.9. The van der Waals surface area contributed by atoms with Gasteiger partial charge in [0, 0.05) is 45.2 Å². The first-order valence-corrected chi connectivity index (χ1v) is 11.7. The predicted molar refractivity (Wildman–Crippen MR) is 126 cm³/mol. The van der Waals surface area contributed by atoms with Crippen molar-refractivity contribution in [2.45, 2.75) is 51.6 Å². The van der Waals surface area contributed by atoms with Gasteiger partial charge in [0.05, 0.1) is 6.61 Å². The highest BCUT2D eigenvalue weighted by molar-refractivity contribution is 5.85. The summed E-state index contributed by atoms with van der Waals surface area (Å²) in [6.07, 6.45) is -0.497. The van der Waals surface area contributed by atoms with Crippen LogP contribution >= 0.6 is 0 Å². The third kappa shape index (κ3) is 6.46. The Labute approximate surface area is 198 Å². The summed E-state index contributed by atoms with van der Waals surface area (Å²) >= 11 is 0. The molecule has 2 aromatic rings. The summed E-state index contributed by atoms with van der Waals surface area (Å²) in [4.78, 5) is 25.0. The first kappa shape index (κ1) is 25.9. The summed E-state index contributed by atoms with van der Waals surface area (Å²) in [7, 11) is 1.82. The minimum Gasteiger partial charge on any atom is -0.395 e. The van der Waals surface area contributed by atoms with Gasteiger partial charge in [-0.1, -0.05) is 26.0 Å². The number of anilines is 2. The molecule has 9 heteroatoms. The Kier molecular flexibility index (Phi) is 8.52. The van der Waals surface area contributed by atoms with Crippen LogP contribution < -0.4 is 9.80 Å². The van der Waals surface area contributed by atoms with Crippen LogP contribution in [0.1, 0.15) is 55.8 Å². The number of carbonyl (C=O) groups excluding carboxylic acids is 1. The van der Waals surface area contributed by atoms with Gasteiger partial charge in [-0.3, -0.25) is 4.79 Å². The molecule has 1 aliphatic heterocycles. The van der Waals surface area contributed by atoms with Crippen molar-refractivity contribution in [3.05, 3.63) is 47.3 Å². The van der Waals surface area contributed by atoms with E-state index >= 15 is 0 Å². The van der Waals surface area contributed by atoms with Crippen molar-refractivity contribution < 1.29 is 23.1 Å². The average Bonchev–Trinajstić information content (AvgIpc) is 2.82. The van der Waals surface area contributed by atoms with Crippen LogP contribution in [0.3, 0.4) is 0 Å². The number of rotatable bonds is 9. The number of piperidine rings is 1. The van der Waals surface area contributed by atoms with Crippen LogP contribution in [0.2, 0.25) is 0 Å². The highest BCUT2D eigenvalue weighted by Crippen LogP contribution is 2.33. The molecule has 0 spiro atoms. The first-order valence-electron chi connectivity index (χ1n) is 11.7. The zero-order valence-electron chi connectivity index (χ0n) is 20.0. The van der Waals surface area contributed by atoms with Crippen molar-refractivity contribution in [2.24, 2.45) is 5.92 Å². The fraction of sp³-hybridized carbons (Fsp3) is 0.560. The lowest BCUT2D eigenvalue weighted by molar-refractivity contribution is -0.141. The van der Waals surface area contributed by atoms with E-state index in [4.69, 9.17) is 5.11 Å². The summed E-state index contributed by atoms with van der Waals surface area (Å²) in [6.45, 7) is 5.76. The van der Waals surface area contributed by atoms with E-state index in [1.54, 1.807) is 6.20 Å². The Balaban J connectivity index is 1.71. The van der Waals surface area contributed by atoms with Gasteiger partial charge in [0.2, 0.25) is 0 Å². The van der Waals surface area contributed by atoms with Crippen molar-refractivity contribution in [3.63, 3.8) is 0 Å². The number of hydrogen-bond donors (Lipinski definition) is 1. The number of aliphatic hydroxyl groups excluding tert-OH is 1. The van der Waals surface area contributed by atoms with Gasteiger partial charge in [-0.25, -0.2) is 9.97 Å². The van der Waals surface area contributed by atoms with E-state index in [9.17, 15) is 18.0 Å². The predicted octanol–water partition coefficient (Wildman–Crippen LogP) is 4.47. The van der Waals surface area contributed by atoms with Crippen molar-refractivity contribution in [2.75, 3.05) is 43.1 Å². The van der Waals surface area contributed by atoms with Crippen molar-refractivity contribution in [1.82, 2.24) is 9.97 Å². The highest BCUT2D eigenvalue weighted by atomic mass is 19.4. The van der Waals surface area contributed by atoms with E-state index in [1.807, 2.05) is 35.9 Å². The van der Waals surface area contributed by atoms with Gasteiger partial charge in [0.15, 0.2) is 0 Å². The standard InChI is InChI=1S/C25H33F3N4O2/c1-17-10-12-32(13-11-17)24-19(5-8-22(30-24)25(26,27)28)4-7-21(34)18(2)20-6-9-23(29-16-20)31(3)14-15-33/h5-6,8-9,16-18,33H,4,7,10-15H2,1-3H3. The number of aliphatic hydroxyl groups is 1. The van der Waals surface area contributed by atoms with Gasteiger partial charge in [-0.05, 0) is 48.4 Å². The molecule has 1 atom stereocenters. The lowest BCUT2D eigenvalue weighted by atomic mass is 9.93. The number of nitrogens with zero attached hydrogens (tertiary/aromatic N) is 4. The second-order valence-electron chi connectivity index (χ2n) is 9.13. The second kappa shape index (κ2) is 11.2. The van der Waals surface area contributed by atoms with Crippen LogP contribution in [0.5, 0.6) is 0 Å². The lowest BCUT2D eigenvalue weighted by Crippen LogP contribution is -2.34. The average molecular weight is 479 g/mol. The Morgan fingerprint density at radius 1 is 1.24 bits per heavy atom. The zero-order valence-corrected chi connectivity index (χ0v) is 20.0. The molecular weight excluding hydrogens is 445 g/mol. The number of alkyl halides is 3. The molecule has 0 saturated carbocycles. The third-order valence-corrected chi connectivity index (χ3v) is 6.55. The topological polar surface area (TPSA) is 69.6 Å². The number of aromatic nitrogens is 2. The summed E-state index contributed by atoms with van der Waals surface area (Å²) in [5.41, 5.74) is 0.547. The molecule has 34 heavy (non-hydrogen) atoms. The zero-order chi connectivity index (χ0) is 24.9. The van der Waals surface area contributed by atoms with Crippen molar-refractivity contribution in [3.8, 4) is 0 Å². The molecule has 0 aliphatic carbocycles. The van der Waals surface area contributed by atoms with Crippen molar-refractivity contribution in [1.29, 1.82) is 0 Å². The number of carbonyl (C=O) groups is 1. The molecule has 3 rings (SSSR count). The van der Waals surface area contributed by atoms with Gasteiger partial charge < -0.3 is 14.9 Å². The summed E-state index contributed by atoms with van der Waals surface area (Å²) in [5, 5.41) is 9.06. The molecule has 6 nitrogen and oxygen atoms in total. The van der Waals surface area contributed by atoms with Gasteiger partial charge >= 0.3 is 6.18 Å². The minimum absolute atomic E-state index is 0.00335. The van der Waals surface area contributed by atoms with E-state index < -0.39 is 11.9 Å². The second-order valence-corrected chi connectivity index (χ2v) is 9.13. The molecule has 0 bridgehead atoms. The number of pyridine rings is 2. The molecule has 2 aromatic heterocycles. The van der Waals surface area contributed by atoms with Crippen LogP contribution in [0.25, 0.3) is 0 Å². The molecule has 0 radical (unpaired) electrons. The van der Waals surface area contributed by atoms with Gasteiger partial charge in [0.1, 0.15) is 23.1 Å². The van der Waals surface area contributed by atoms with E-state index in [2.05, 4.69) is 16.9 Å². The molecule has 1 saturated heterocycles. The SMILES string of the molecule is CC1CCN(c2nc(C(F)(F)F)ccc2CCC(=O)C(C)c2ccc(N(C)CCO)nc2)CC1. The highest BCUT2D eigenvalue weighted by Gasteiger charge is 2.34. The Morgan fingerprint density at radius 3 is 2.53 bits per heavy atom. The summed E-state index contributed by atoms with van der Waals surface area (Å²) < 4.78 is 39.9. The van der Waals surface area contributed by atoms with Crippen LogP contribution in [-0.4, -0.2) is 54.1 Å². The van der Waals surface area contributed by atoms with Gasteiger partial charge in [-0.15, -0.1) is 0 Å². The van der Waals surface area contributed by atoms with Crippen LogP contribution in [0.15, 0.2) is 30.5 Å². The number of Topliss-reactive ketones (excluding diaryl/α,β-unsaturated/α-hetero) is 1. The summed E-state index contributed by atoms with van der Waals surface area (Å²) in [6, 6.07) is 6.13. The number of aryl methyl sites for hydroxylation is 1. The Hall–Kier alpha value is -2.68. The van der Waals surface area contributed by atoms with E-state index in [0.29, 0.717) is 49.2 Å². The molecule has 0 amide bonds. The third-order valence-electron chi connectivity index (χ3n) is 6.55. The number of hydrogen-bond acceptors (Lipinski definition) is 6. The van der Waals surface area contributed by atoms with E-state index in [0.717, 1.165) is 24.5 Å². The molecule has 1 aliphatic rings. The molecule has 1 fully saturated rings. The fourth-order valence-corrected chi connectivity index (χ4v) is 4.13. The quantitative estimate of drug-likeness (QED) is 0.574. The van der Waals surface area contributed by atoms with Crippen LogP contribution in [0, 0.1) is 5.92 Å². The maximum atomic E-state index is 13.3. The van der Waals surface area contributed by atoms with Gasteiger partial charge in [0.25, 0.3) is 0 Å². The molecular formula is C25H33F3N4O2. The van der Waals surface area contributed by atoms with Crippen molar-refractivity contribution >= 4 is 17.4 Å². The molecule has 1 unspecified atom stereocenters. The molecule has 0 aromatic carbocycles. The largest absolute Gasteiger partial charge is 0.433 e. The monoisotopic (exact) mass is 478 g/mol. The Morgan fingerprint density at radius 2 is 1.94 bits per heavy atom. The number of likely N-dealkylation sites (N-methyl/N-ethyl adjacent to an activating group) is 1. The Bertz CT molecular complexity index is 958. The first-order chi connectivity index (χ1) is 16.1. The molecule has 186 valence electrons. The van der Waals surface area contributed by atoms with E-state index in [-0.39, 0.29) is 24.7 Å². The smallest absolute Gasteiger partial charge is 0.395 e. The summed E-state index contributed by atoms with van der Waals surface area (Å²) in [5.74, 6) is 1.20. The fourth-order valence-electron chi connectivity index (χ4n) is 4.13. The maximum Gasteiger partial charge on any atom is 0.433 e. The lowest BCUT2D eigenvalue weighted by Gasteiger charge is -2.33. The van der Waals surface area contributed by atoms with E-state index in [1.165, 1.54) is 6.07 Å². The van der Waals surface area contributed by atoms with Crippen LogP contribution in [0.4, 0.5) is 24.8 Å². The molecule has 3 heterocycles. The molecule has 1 N–H and O–H groups in total. The number of ketones is 1. The van der Waals surface area contributed by atoms with Crippen LogP contribution in [-0.2, 0) is 17.4 Å². The minimum atomic E-state index is -4.51. The maximum absolute atomic E-state index is 13.3. The van der Waals surface area contributed by atoms with Gasteiger partial charge in [-0.2, -0.15) is 13.2 Å².